The summed E-state index contributed by atoms with van der Waals surface area (Å²) < 4.78 is 1.35. The number of anilines is 2. The zero-order valence-corrected chi connectivity index (χ0v) is 19.4. The van der Waals surface area contributed by atoms with Gasteiger partial charge in [-0.05, 0) is 25.1 Å². The summed E-state index contributed by atoms with van der Waals surface area (Å²) in [4.78, 5) is 34.3. The SMILES string of the molecule is Cc1cccc(-c2nn3c(=O)cc(N4CCN(C(=O)Nc5ccccc5Cl)CC4)nc3s2)c1. The van der Waals surface area contributed by atoms with Gasteiger partial charge in [-0.2, -0.15) is 9.61 Å². The van der Waals surface area contributed by atoms with Gasteiger partial charge < -0.3 is 15.1 Å². The van der Waals surface area contributed by atoms with Crippen LogP contribution in [-0.2, 0) is 0 Å². The van der Waals surface area contributed by atoms with Crippen LogP contribution >= 0.6 is 22.9 Å². The Morgan fingerprint density at radius 2 is 1.85 bits per heavy atom. The lowest BCUT2D eigenvalue weighted by Crippen LogP contribution is -2.50. The van der Waals surface area contributed by atoms with E-state index >= 15 is 0 Å². The molecule has 0 bridgehead atoms. The molecule has 0 atom stereocenters. The summed E-state index contributed by atoms with van der Waals surface area (Å²) in [5.41, 5.74) is 2.46. The smallest absolute Gasteiger partial charge is 0.322 e. The van der Waals surface area contributed by atoms with Gasteiger partial charge in [0.15, 0.2) is 0 Å². The van der Waals surface area contributed by atoms with Crippen molar-refractivity contribution in [2.45, 2.75) is 6.92 Å². The van der Waals surface area contributed by atoms with E-state index < -0.39 is 0 Å². The van der Waals surface area contributed by atoms with Crippen LogP contribution in [0.15, 0.2) is 59.4 Å². The van der Waals surface area contributed by atoms with Crippen LogP contribution in [-0.4, -0.2) is 51.7 Å². The number of carbonyl (C=O) groups excluding carboxylic acids is 1. The van der Waals surface area contributed by atoms with Gasteiger partial charge in [-0.1, -0.05) is 58.8 Å². The molecule has 0 unspecified atom stereocenters. The van der Waals surface area contributed by atoms with Gasteiger partial charge in [0.05, 0.1) is 10.7 Å². The molecule has 1 fully saturated rings. The molecule has 0 radical (unpaired) electrons. The molecular weight excluding hydrogens is 460 g/mol. The zero-order valence-electron chi connectivity index (χ0n) is 17.9. The van der Waals surface area contributed by atoms with Crippen molar-refractivity contribution < 1.29 is 4.79 Å². The number of rotatable bonds is 3. The molecular formula is C23H21ClN6O2S. The molecule has 2 amide bonds. The number of para-hydroxylation sites is 1. The van der Waals surface area contributed by atoms with Gasteiger partial charge in [-0.15, -0.1) is 0 Å². The molecule has 1 aliphatic heterocycles. The normalized spacial score (nSPS) is 14.0. The summed E-state index contributed by atoms with van der Waals surface area (Å²) in [6.45, 7) is 4.18. The molecule has 0 saturated carbocycles. The number of nitrogens with one attached hydrogen (secondary N) is 1. The van der Waals surface area contributed by atoms with Crippen LogP contribution in [0.4, 0.5) is 16.3 Å². The number of fused-ring (bicyclic) bond motifs is 1. The van der Waals surface area contributed by atoms with Crippen LogP contribution in [0.25, 0.3) is 15.5 Å². The first kappa shape index (κ1) is 21.4. The van der Waals surface area contributed by atoms with Gasteiger partial charge in [0.25, 0.3) is 5.56 Å². The van der Waals surface area contributed by atoms with Crippen molar-refractivity contribution in [1.29, 1.82) is 0 Å². The first-order valence-corrected chi connectivity index (χ1v) is 11.7. The molecule has 3 heterocycles. The zero-order chi connectivity index (χ0) is 22.9. The number of amides is 2. The Balaban J connectivity index is 1.31. The van der Waals surface area contributed by atoms with E-state index in [-0.39, 0.29) is 11.6 Å². The molecule has 5 rings (SSSR count). The minimum Gasteiger partial charge on any atom is -0.353 e. The van der Waals surface area contributed by atoms with Crippen LogP contribution in [0.3, 0.4) is 0 Å². The minimum atomic E-state index is -0.218. The van der Waals surface area contributed by atoms with E-state index in [0.717, 1.165) is 16.1 Å². The number of aromatic nitrogens is 3. The molecule has 10 heteroatoms. The number of benzene rings is 2. The summed E-state index contributed by atoms with van der Waals surface area (Å²) in [7, 11) is 0. The van der Waals surface area contributed by atoms with Crippen molar-refractivity contribution in [2.24, 2.45) is 0 Å². The monoisotopic (exact) mass is 480 g/mol. The molecule has 0 aliphatic carbocycles. The van der Waals surface area contributed by atoms with Crippen LogP contribution in [0, 0.1) is 6.92 Å². The second-order valence-electron chi connectivity index (χ2n) is 7.81. The maximum Gasteiger partial charge on any atom is 0.322 e. The average Bonchev–Trinajstić information content (AvgIpc) is 3.26. The van der Waals surface area contributed by atoms with Gasteiger partial charge in [0.1, 0.15) is 10.8 Å². The van der Waals surface area contributed by atoms with E-state index in [0.29, 0.717) is 47.7 Å². The van der Waals surface area contributed by atoms with Crippen molar-refractivity contribution in [3.05, 3.63) is 75.5 Å². The molecule has 2 aromatic carbocycles. The topological polar surface area (TPSA) is 82.8 Å². The van der Waals surface area contributed by atoms with Crippen molar-refractivity contribution >= 4 is 45.4 Å². The summed E-state index contributed by atoms with van der Waals surface area (Å²) in [6, 6.07) is 16.5. The third kappa shape index (κ3) is 4.42. The number of halogens is 1. The highest BCUT2D eigenvalue weighted by Gasteiger charge is 2.23. The molecule has 1 aliphatic rings. The Kier molecular flexibility index (Phi) is 5.74. The molecule has 33 heavy (non-hydrogen) atoms. The van der Waals surface area contributed by atoms with Gasteiger partial charge in [0.2, 0.25) is 4.96 Å². The number of hydrogen-bond donors (Lipinski definition) is 1. The van der Waals surface area contributed by atoms with Gasteiger partial charge in [-0.25, -0.2) is 9.78 Å². The fourth-order valence-corrected chi connectivity index (χ4v) is 4.83. The predicted octanol–water partition coefficient (Wildman–Crippen LogP) is 4.13. The summed E-state index contributed by atoms with van der Waals surface area (Å²) in [5, 5.41) is 8.56. The van der Waals surface area contributed by atoms with Crippen LogP contribution < -0.4 is 15.8 Å². The fourth-order valence-electron chi connectivity index (χ4n) is 3.75. The molecule has 1 saturated heterocycles. The Morgan fingerprint density at radius 1 is 1.06 bits per heavy atom. The molecule has 8 nitrogen and oxygen atoms in total. The summed E-state index contributed by atoms with van der Waals surface area (Å²) >= 11 is 7.52. The third-order valence-electron chi connectivity index (χ3n) is 5.50. The number of piperazine rings is 1. The molecule has 2 aromatic heterocycles. The highest BCUT2D eigenvalue weighted by molar-refractivity contribution is 7.19. The number of aryl methyl sites for hydroxylation is 1. The molecule has 4 aromatic rings. The maximum atomic E-state index is 12.7. The van der Waals surface area contributed by atoms with E-state index in [4.69, 9.17) is 11.6 Å². The first-order valence-electron chi connectivity index (χ1n) is 10.5. The number of nitrogens with zero attached hydrogens (tertiary/aromatic N) is 5. The Bertz CT molecular complexity index is 1390. The maximum absolute atomic E-state index is 12.7. The molecule has 168 valence electrons. The number of urea groups is 1. The fraction of sp³-hybridized carbons (Fsp3) is 0.217. The van der Waals surface area contributed by atoms with Crippen molar-refractivity contribution in [3.63, 3.8) is 0 Å². The van der Waals surface area contributed by atoms with Crippen LogP contribution in [0.2, 0.25) is 5.02 Å². The summed E-state index contributed by atoms with van der Waals surface area (Å²) in [5.74, 6) is 0.602. The number of carbonyl (C=O) groups is 1. The van der Waals surface area contributed by atoms with Crippen LogP contribution in [0.5, 0.6) is 0 Å². The molecule has 1 N–H and O–H groups in total. The second-order valence-corrected chi connectivity index (χ2v) is 9.17. The Morgan fingerprint density at radius 3 is 2.61 bits per heavy atom. The first-order chi connectivity index (χ1) is 16.0. The lowest BCUT2D eigenvalue weighted by Gasteiger charge is -2.35. The second kappa shape index (κ2) is 8.84. The van der Waals surface area contributed by atoms with Gasteiger partial charge >= 0.3 is 6.03 Å². The lowest BCUT2D eigenvalue weighted by atomic mass is 10.1. The third-order valence-corrected chi connectivity index (χ3v) is 6.79. The lowest BCUT2D eigenvalue weighted by molar-refractivity contribution is 0.208. The van der Waals surface area contributed by atoms with E-state index in [2.05, 4.69) is 15.4 Å². The van der Waals surface area contributed by atoms with E-state index in [1.165, 1.54) is 21.9 Å². The molecule has 0 spiro atoms. The van der Waals surface area contributed by atoms with Crippen molar-refractivity contribution in [3.8, 4) is 10.6 Å². The highest BCUT2D eigenvalue weighted by Crippen LogP contribution is 2.26. The standard InChI is InChI=1S/C23H21ClN6O2S/c1-15-5-4-6-16(13-15)21-27-30-20(31)14-19(26-23(30)33-21)28-9-11-29(12-10-28)22(32)25-18-8-3-2-7-17(18)24/h2-8,13-14H,9-12H2,1H3,(H,25,32). The van der Waals surface area contributed by atoms with E-state index in [1.54, 1.807) is 17.0 Å². The Hall–Kier alpha value is -3.43. The van der Waals surface area contributed by atoms with E-state index in [9.17, 15) is 9.59 Å². The number of hydrogen-bond acceptors (Lipinski definition) is 6. The minimum absolute atomic E-state index is 0.198. The van der Waals surface area contributed by atoms with E-state index in [1.807, 2.05) is 48.2 Å². The average molecular weight is 481 g/mol. The van der Waals surface area contributed by atoms with Gasteiger partial charge in [0, 0.05) is 37.8 Å². The quantitative estimate of drug-likeness (QED) is 0.476. The summed E-state index contributed by atoms with van der Waals surface area (Å²) in [6.07, 6.45) is 0. The predicted molar refractivity (Wildman–Crippen MR) is 132 cm³/mol. The highest BCUT2D eigenvalue weighted by atomic mass is 35.5. The van der Waals surface area contributed by atoms with Crippen molar-refractivity contribution in [2.75, 3.05) is 36.4 Å². The van der Waals surface area contributed by atoms with Gasteiger partial charge in [-0.3, -0.25) is 4.79 Å². The van der Waals surface area contributed by atoms with Crippen LogP contribution in [0.1, 0.15) is 5.56 Å². The van der Waals surface area contributed by atoms with Crippen molar-refractivity contribution in [1.82, 2.24) is 19.5 Å². The Labute approximate surface area is 199 Å². The largest absolute Gasteiger partial charge is 0.353 e.